The van der Waals surface area contributed by atoms with Crippen molar-refractivity contribution in [2.24, 2.45) is 5.92 Å². The van der Waals surface area contributed by atoms with Crippen LogP contribution in [-0.2, 0) is 16.1 Å². The third kappa shape index (κ3) is 4.97. The third-order valence-electron chi connectivity index (χ3n) is 5.06. The Balaban J connectivity index is 1.58. The van der Waals surface area contributed by atoms with Gasteiger partial charge in [-0.15, -0.1) is 0 Å². The molecule has 6 heteroatoms. The molecule has 146 valence electrons. The fraction of sp³-hybridized carbons (Fsp3) is 0.318. The van der Waals surface area contributed by atoms with Gasteiger partial charge in [0.1, 0.15) is 0 Å². The van der Waals surface area contributed by atoms with Crippen LogP contribution in [0, 0.1) is 5.92 Å². The van der Waals surface area contributed by atoms with Gasteiger partial charge in [0, 0.05) is 18.0 Å². The van der Waals surface area contributed by atoms with Gasteiger partial charge in [0.25, 0.3) is 5.91 Å². The number of nitrogens with one attached hydrogen (secondary N) is 2. The molecule has 0 bridgehead atoms. The van der Waals surface area contributed by atoms with E-state index in [1.807, 2.05) is 0 Å². The first kappa shape index (κ1) is 19.6. The molecule has 0 unspecified atom stereocenters. The zero-order valence-electron chi connectivity index (χ0n) is 15.6. The summed E-state index contributed by atoms with van der Waals surface area (Å²) >= 11 is 0. The molecule has 0 saturated heterocycles. The molecule has 2 amide bonds. The van der Waals surface area contributed by atoms with E-state index in [9.17, 15) is 19.5 Å². The minimum absolute atomic E-state index is 0.0893. The molecule has 28 heavy (non-hydrogen) atoms. The summed E-state index contributed by atoms with van der Waals surface area (Å²) in [6.45, 7) is 0.416. The van der Waals surface area contributed by atoms with E-state index < -0.39 is 17.9 Å². The van der Waals surface area contributed by atoms with E-state index in [2.05, 4.69) is 10.6 Å². The van der Waals surface area contributed by atoms with Crippen molar-refractivity contribution in [2.75, 3.05) is 0 Å². The van der Waals surface area contributed by atoms with Gasteiger partial charge in [-0.1, -0.05) is 55.3 Å². The molecule has 0 heterocycles. The summed E-state index contributed by atoms with van der Waals surface area (Å²) in [7, 11) is 0. The highest BCUT2D eigenvalue weighted by Gasteiger charge is 2.23. The van der Waals surface area contributed by atoms with E-state index in [-0.39, 0.29) is 11.8 Å². The van der Waals surface area contributed by atoms with Crippen LogP contribution < -0.4 is 10.6 Å². The van der Waals surface area contributed by atoms with Crippen molar-refractivity contribution in [3.8, 4) is 0 Å². The Kier molecular flexibility index (Phi) is 6.42. The monoisotopic (exact) mass is 380 g/mol. The molecule has 3 rings (SSSR count). The molecule has 1 atom stereocenters. The normalized spacial score (nSPS) is 15.0. The van der Waals surface area contributed by atoms with Gasteiger partial charge >= 0.3 is 5.97 Å². The lowest BCUT2D eigenvalue weighted by Crippen LogP contribution is -2.33. The van der Waals surface area contributed by atoms with Gasteiger partial charge in [0.05, 0.1) is 0 Å². The number of carboxylic acid groups (broad SMARTS) is 1. The molecule has 0 aromatic heterocycles. The molecule has 2 aromatic rings. The quantitative estimate of drug-likeness (QED) is 0.688. The Morgan fingerprint density at radius 3 is 2.21 bits per heavy atom. The maximum atomic E-state index is 12.4. The van der Waals surface area contributed by atoms with Crippen LogP contribution in [-0.4, -0.2) is 22.9 Å². The van der Waals surface area contributed by atoms with Crippen molar-refractivity contribution in [1.82, 2.24) is 10.6 Å². The molecule has 1 saturated carbocycles. The highest BCUT2D eigenvalue weighted by Crippen LogP contribution is 2.24. The number of rotatable bonds is 7. The molecule has 1 fully saturated rings. The van der Waals surface area contributed by atoms with Crippen LogP contribution in [0.3, 0.4) is 0 Å². The van der Waals surface area contributed by atoms with Crippen molar-refractivity contribution in [1.29, 1.82) is 0 Å². The lowest BCUT2D eigenvalue weighted by atomic mass is 10.1. The van der Waals surface area contributed by atoms with E-state index in [4.69, 9.17) is 0 Å². The van der Waals surface area contributed by atoms with Crippen LogP contribution in [0.2, 0.25) is 0 Å². The van der Waals surface area contributed by atoms with Gasteiger partial charge in [0.15, 0.2) is 6.04 Å². The number of aliphatic carboxylic acids is 1. The molecule has 2 aromatic carbocycles. The minimum Gasteiger partial charge on any atom is -0.479 e. The average molecular weight is 380 g/mol. The predicted octanol–water partition coefficient (Wildman–Crippen LogP) is 3.05. The molecular weight excluding hydrogens is 356 g/mol. The summed E-state index contributed by atoms with van der Waals surface area (Å²) in [5, 5.41) is 14.9. The molecule has 1 aliphatic rings. The zero-order valence-corrected chi connectivity index (χ0v) is 15.6. The molecule has 0 spiro atoms. The van der Waals surface area contributed by atoms with Crippen LogP contribution in [0.5, 0.6) is 0 Å². The fourth-order valence-corrected chi connectivity index (χ4v) is 3.44. The lowest BCUT2D eigenvalue weighted by molar-refractivity contribution is -0.139. The first-order chi connectivity index (χ1) is 13.5. The Morgan fingerprint density at radius 1 is 0.964 bits per heavy atom. The topological polar surface area (TPSA) is 95.5 Å². The van der Waals surface area contributed by atoms with Gasteiger partial charge in [-0.3, -0.25) is 9.59 Å². The minimum atomic E-state index is -1.12. The number of hydrogen-bond donors (Lipinski definition) is 3. The fourth-order valence-electron chi connectivity index (χ4n) is 3.44. The number of benzene rings is 2. The number of carbonyl (C=O) groups is 3. The maximum Gasteiger partial charge on any atom is 0.330 e. The number of carboxylic acids is 1. The summed E-state index contributed by atoms with van der Waals surface area (Å²) in [4.78, 5) is 36.0. The SMILES string of the molecule is O=C(N[C@H](C(=O)O)c1ccccc1)c1ccc(CNC(=O)C2CCCC2)cc1. The summed E-state index contributed by atoms with van der Waals surface area (Å²) in [5.74, 6) is -1.37. The van der Waals surface area contributed by atoms with Crippen molar-refractivity contribution < 1.29 is 19.5 Å². The van der Waals surface area contributed by atoms with Crippen LogP contribution in [0.1, 0.15) is 53.2 Å². The van der Waals surface area contributed by atoms with Crippen LogP contribution in [0.4, 0.5) is 0 Å². The second-order valence-electron chi connectivity index (χ2n) is 7.05. The van der Waals surface area contributed by atoms with E-state index in [0.717, 1.165) is 31.2 Å². The van der Waals surface area contributed by atoms with Gasteiger partial charge in [-0.05, 0) is 36.1 Å². The summed E-state index contributed by atoms with van der Waals surface area (Å²) in [5.41, 5.74) is 1.77. The van der Waals surface area contributed by atoms with Crippen LogP contribution in [0.15, 0.2) is 54.6 Å². The Labute approximate surface area is 164 Å². The lowest BCUT2D eigenvalue weighted by Gasteiger charge is -2.15. The predicted molar refractivity (Wildman–Crippen MR) is 105 cm³/mol. The van der Waals surface area contributed by atoms with Crippen molar-refractivity contribution >= 4 is 17.8 Å². The second-order valence-corrected chi connectivity index (χ2v) is 7.05. The second kappa shape index (κ2) is 9.17. The average Bonchev–Trinajstić information content (AvgIpc) is 3.26. The molecule has 0 radical (unpaired) electrons. The smallest absolute Gasteiger partial charge is 0.330 e. The Bertz CT molecular complexity index is 827. The summed E-state index contributed by atoms with van der Waals surface area (Å²) in [6.07, 6.45) is 4.14. The molecule has 3 N–H and O–H groups in total. The van der Waals surface area contributed by atoms with E-state index in [1.54, 1.807) is 54.6 Å². The highest BCUT2D eigenvalue weighted by molar-refractivity contribution is 5.96. The van der Waals surface area contributed by atoms with Gasteiger partial charge in [-0.2, -0.15) is 0 Å². The standard InChI is InChI=1S/C22H24N2O4/c25-20(17-8-4-5-9-17)23-14-15-10-12-18(13-11-15)21(26)24-19(22(27)28)16-6-2-1-3-7-16/h1-3,6-7,10-13,17,19H,4-5,8-9,14H2,(H,23,25)(H,24,26)(H,27,28)/t19-/m0/s1. The zero-order chi connectivity index (χ0) is 19.9. The summed E-state index contributed by atoms with van der Waals surface area (Å²) < 4.78 is 0. The van der Waals surface area contributed by atoms with E-state index in [0.29, 0.717) is 17.7 Å². The van der Waals surface area contributed by atoms with Crippen molar-refractivity contribution in [3.05, 3.63) is 71.3 Å². The first-order valence-electron chi connectivity index (χ1n) is 9.50. The van der Waals surface area contributed by atoms with Gasteiger partial charge in [0.2, 0.25) is 5.91 Å². The van der Waals surface area contributed by atoms with E-state index in [1.165, 1.54) is 0 Å². The van der Waals surface area contributed by atoms with Crippen molar-refractivity contribution in [2.45, 2.75) is 38.3 Å². The van der Waals surface area contributed by atoms with Gasteiger partial charge < -0.3 is 15.7 Å². The number of hydrogen-bond acceptors (Lipinski definition) is 3. The molecule has 1 aliphatic carbocycles. The number of carbonyl (C=O) groups excluding carboxylic acids is 2. The summed E-state index contributed by atoms with van der Waals surface area (Å²) in [6, 6.07) is 14.3. The Hall–Kier alpha value is -3.15. The molecule has 6 nitrogen and oxygen atoms in total. The van der Waals surface area contributed by atoms with Crippen LogP contribution in [0.25, 0.3) is 0 Å². The molecular formula is C22H24N2O4. The maximum absolute atomic E-state index is 12.4. The first-order valence-corrected chi connectivity index (χ1v) is 9.50. The van der Waals surface area contributed by atoms with Crippen LogP contribution >= 0.6 is 0 Å². The third-order valence-corrected chi connectivity index (χ3v) is 5.06. The number of amides is 2. The molecule has 0 aliphatic heterocycles. The van der Waals surface area contributed by atoms with E-state index >= 15 is 0 Å². The highest BCUT2D eigenvalue weighted by atomic mass is 16.4. The van der Waals surface area contributed by atoms with Crippen molar-refractivity contribution in [3.63, 3.8) is 0 Å². The largest absolute Gasteiger partial charge is 0.479 e. The Morgan fingerprint density at radius 2 is 1.61 bits per heavy atom. The van der Waals surface area contributed by atoms with Gasteiger partial charge in [-0.25, -0.2) is 4.79 Å².